The van der Waals surface area contributed by atoms with Gasteiger partial charge in [0.15, 0.2) is 0 Å². The monoisotopic (exact) mass is 276 g/mol. The Bertz CT molecular complexity index is 596. The molecule has 3 rings (SSSR count). The summed E-state index contributed by atoms with van der Waals surface area (Å²) < 4.78 is 4.47. The van der Waals surface area contributed by atoms with Gasteiger partial charge in [-0.1, -0.05) is 12.1 Å². The standard InChI is InChI=1S/C14H16N2O2S/c17-13(18)6-5-10-7-8-16(9-10)14-11-3-1-2-4-12(11)15-19-14/h1-4,10H,5-9H2,(H,17,18). The van der Waals surface area contributed by atoms with Crippen LogP contribution in [0.15, 0.2) is 24.3 Å². The smallest absolute Gasteiger partial charge is 0.303 e. The Kier molecular flexibility index (Phi) is 3.38. The zero-order valence-electron chi connectivity index (χ0n) is 10.6. The van der Waals surface area contributed by atoms with E-state index in [0.29, 0.717) is 5.92 Å². The molecule has 2 aromatic rings. The molecule has 0 aliphatic carbocycles. The highest BCUT2D eigenvalue weighted by Gasteiger charge is 2.25. The van der Waals surface area contributed by atoms with Crippen LogP contribution in [0.5, 0.6) is 0 Å². The molecule has 0 saturated carbocycles. The molecule has 0 radical (unpaired) electrons. The number of hydrogen-bond acceptors (Lipinski definition) is 4. The van der Waals surface area contributed by atoms with Crippen LogP contribution < -0.4 is 4.90 Å². The first-order valence-electron chi connectivity index (χ1n) is 6.55. The quantitative estimate of drug-likeness (QED) is 0.932. The van der Waals surface area contributed by atoms with Crippen molar-refractivity contribution in [3.8, 4) is 0 Å². The number of carboxylic acids is 1. The van der Waals surface area contributed by atoms with Crippen molar-refractivity contribution < 1.29 is 9.90 Å². The van der Waals surface area contributed by atoms with Crippen molar-refractivity contribution in [3.63, 3.8) is 0 Å². The van der Waals surface area contributed by atoms with Gasteiger partial charge in [0, 0.05) is 24.9 Å². The summed E-state index contributed by atoms with van der Waals surface area (Å²) in [6.07, 6.45) is 2.14. The van der Waals surface area contributed by atoms with Gasteiger partial charge in [0.1, 0.15) is 5.00 Å². The van der Waals surface area contributed by atoms with Crippen LogP contribution in [0.2, 0.25) is 0 Å². The fourth-order valence-electron chi connectivity index (χ4n) is 2.68. The van der Waals surface area contributed by atoms with Crippen molar-refractivity contribution in [2.24, 2.45) is 5.92 Å². The minimum Gasteiger partial charge on any atom is -0.481 e. The number of carboxylic acid groups (broad SMARTS) is 1. The third-order valence-corrected chi connectivity index (χ3v) is 4.64. The van der Waals surface area contributed by atoms with Crippen LogP contribution in [0.25, 0.3) is 10.9 Å². The van der Waals surface area contributed by atoms with E-state index >= 15 is 0 Å². The number of benzene rings is 1. The third kappa shape index (κ3) is 2.56. The van der Waals surface area contributed by atoms with E-state index < -0.39 is 5.97 Å². The Morgan fingerprint density at radius 3 is 3.16 bits per heavy atom. The predicted octanol–water partition coefficient (Wildman–Crippen LogP) is 2.99. The number of aromatic nitrogens is 1. The van der Waals surface area contributed by atoms with E-state index in [4.69, 9.17) is 5.11 Å². The number of aliphatic carboxylic acids is 1. The lowest BCUT2D eigenvalue weighted by Gasteiger charge is -2.16. The molecule has 100 valence electrons. The van der Waals surface area contributed by atoms with Gasteiger partial charge in [0.25, 0.3) is 0 Å². The molecule has 0 amide bonds. The second-order valence-corrected chi connectivity index (χ2v) is 5.79. The fraction of sp³-hybridized carbons (Fsp3) is 0.429. The van der Waals surface area contributed by atoms with Crippen molar-refractivity contribution in [1.29, 1.82) is 0 Å². The van der Waals surface area contributed by atoms with Crippen LogP contribution >= 0.6 is 11.5 Å². The zero-order valence-corrected chi connectivity index (χ0v) is 11.4. The van der Waals surface area contributed by atoms with Crippen LogP contribution in [0.4, 0.5) is 5.00 Å². The first-order chi connectivity index (χ1) is 9.24. The second kappa shape index (κ2) is 5.17. The average Bonchev–Trinajstić information content (AvgIpc) is 3.02. The van der Waals surface area contributed by atoms with Gasteiger partial charge in [-0.3, -0.25) is 4.79 Å². The van der Waals surface area contributed by atoms with E-state index in [1.807, 2.05) is 18.2 Å². The van der Waals surface area contributed by atoms with Gasteiger partial charge in [-0.25, -0.2) is 0 Å². The fourth-order valence-corrected chi connectivity index (χ4v) is 3.58. The van der Waals surface area contributed by atoms with Crippen molar-refractivity contribution >= 4 is 33.4 Å². The molecule has 1 aliphatic rings. The highest BCUT2D eigenvalue weighted by Crippen LogP contribution is 2.35. The zero-order chi connectivity index (χ0) is 13.2. The maximum absolute atomic E-state index is 10.6. The Labute approximate surface area is 115 Å². The summed E-state index contributed by atoms with van der Waals surface area (Å²) in [5, 5.41) is 11.2. The lowest BCUT2D eigenvalue weighted by Crippen LogP contribution is -2.18. The van der Waals surface area contributed by atoms with Gasteiger partial charge < -0.3 is 10.0 Å². The maximum Gasteiger partial charge on any atom is 0.303 e. The topological polar surface area (TPSA) is 53.4 Å². The Balaban J connectivity index is 1.72. The Morgan fingerprint density at radius 2 is 2.32 bits per heavy atom. The van der Waals surface area contributed by atoms with Crippen LogP contribution in [0.1, 0.15) is 19.3 Å². The molecule has 19 heavy (non-hydrogen) atoms. The van der Waals surface area contributed by atoms with Gasteiger partial charge >= 0.3 is 5.97 Å². The average molecular weight is 276 g/mol. The van der Waals surface area contributed by atoms with Crippen molar-refractivity contribution in [3.05, 3.63) is 24.3 Å². The van der Waals surface area contributed by atoms with Gasteiger partial charge in [-0.2, -0.15) is 4.37 Å². The summed E-state index contributed by atoms with van der Waals surface area (Å²) in [7, 11) is 0. The Hall–Kier alpha value is -1.62. The van der Waals surface area contributed by atoms with E-state index in [2.05, 4.69) is 15.3 Å². The molecule has 5 heteroatoms. The van der Waals surface area contributed by atoms with Crippen LogP contribution in [-0.4, -0.2) is 28.5 Å². The molecule has 1 unspecified atom stereocenters. The van der Waals surface area contributed by atoms with Crippen molar-refractivity contribution in [1.82, 2.24) is 4.37 Å². The Morgan fingerprint density at radius 1 is 1.47 bits per heavy atom. The minimum absolute atomic E-state index is 0.280. The highest BCUT2D eigenvalue weighted by molar-refractivity contribution is 7.11. The first kappa shape index (κ1) is 12.4. The molecular weight excluding hydrogens is 260 g/mol. The van der Waals surface area contributed by atoms with Gasteiger partial charge in [-0.15, -0.1) is 0 Å². The molecule has 1 saturated heterocycles. The lowest BCUT2D eigenvalue weighted by atomic mass is 10.0. The van der Waals surface area contributed by atoms with Crippen molar-refractivity contribution in [2.45, 2.75) is 19.3 Å². The van der Waals surface area contributed by atoms with Crippen LogP contribution in [-0.2, 0) is 4.79 Å². The van der Waals surface area contributed by atoms with Crippen LogP contribution in [0.3, 0.4) is 0 Å². The number of fused-ring (bicyclic) bond motifs is 1. The summed E-state index contributed by atoms with van der Waals surface area (Å²) in [6, 6.07) is 8.19. The van der Waals surface area contributed by atoms with Gasteiger partial charge in [0.05, 0.1) is 5.52 Å². The molecular formula is C14H16N2O2S. The first-order valence-corrected chi connectivity index (χ1v) is 7.32. The maximum atomic E-state index is 10.6. The number of anilines is 1. The second-order valence-electron chi connectivity index (χ2n) is 5.04. The minimum atomic E-state index is -0.693. The summed E-state index contributed by atoms with van der Waals surface area (Å²) in [5.41, 5.74) is 1.05. The summed E-state index contributed by atoms with van der Waals surface area (Å²) in [6.45, 7) is 1.97. The SMILES string of the molecule is O=C(O)CCC1CCN(c2snc3ccccc23)C1. The molecule has 0 spiro atoms. The van der Waals surface area contributed by atoms with E-state index in [0.717, 1.165) is 31.4 Å². The summed E-state index contributed by atoms with van der Waals surface area (Å²) in [4.78, 5) is 13.0. The largest absolute Gasteiger partial charge is 0.481 e. The summed E-state index contributed by atoms with van der Waals surface area (Å²) in [5.74, 6) is -0.196. The number of rotatable bonds is 4. The van der Waals surface area contributed by atoms with Crippen molar-refractivity contribution in [2.75, 3.05) is 18.0 Å². The van der Waals surface area contributed by atoms with Gasteiger partial charge in [0.2, 0.25) is 0 Å². The van der Waals surface area contributed by atoms with Crippen LogP contribution in [0, 0.1) is 5.92 Å². The number of carbonyl (C=O) groups is 1. The van der Waals surface area contributed by atoms with E-state index in [-0.39, 0.29) is 6.42 Å². The number of hydrogen-bond donors (Lipinski definition) is 1. The number of nitrogens with zero attached hydrogens (tertiary/aromatic N) is 2. The predicted molar refractivity (Wildman–Crippen MR) is 76.8 cm³/mol. The molecule has 1 aliphatic heterocycles. The lowest BCUT2D eigenvalue weighted by molar-refractivity contribution is -0.137. The molecule has 2 heterocycles. The normalized spacial score (nSPS) is 19.2. The molecule has 1 fully saturated rings. The van der Waals surface area contributed by atoms with E-state index in [1.54, 1.807) is 11.5 Å². The van der Waals surface area contributed by atoms with E-state index in [1.165, 1.54) is 10.4 Å². The molecule has 0 bridgehead atoms. The third-order valence-electron chi connectivity index (χ3n) is 3.70. The summed E-state index contributed by atoms with van der Waals surface area (Å²) >= 11 is 1.55. The molecule has 1 N–H and O–H groups in total. The van der Waals surface area contributed by atoms with Gasteiger partial charge in [-0.05, 0) is 42.4 Å². The molecule has 4 nitrogen and oxygen atoms in total. The van der Waals surface area contributed by atoms with E-state index in [9.17, 15) is 4.79 Å². The molecule has 1 aromatic carbocycles. The highest BCUT2D eigenvalue weighted by atomic mass is 32.1. The molecule has 1 atom stereocenters. The molecule has 1 aromatic heterocycles.